The average molecular weight is 362 g/mol. The van der Waals surface area contributed by atoms with Crippen molar-refractivity contribution in [3.8, 4) is 11.5 Å². The van der Waals surface area contributed by atoms with Crippen LogP contribution in [0.15, 0.2) is 28.7 Å². The summed E-state index contributed by atoms with van der Waals surface area (Å²) in [6.45, 7) is 7.46. The number of nitrogens with one attached hydrogen (secondary N) is 1. The molecule has 0 radical (unpaired) electrons. The summed E-state index contributed by atoms with van der Waals surface area (Å²) >= 11 is 1.53. The molecule has 0 amide bonds. The lowest BCUT2D eigenvalue weighted by Gasteiger charge is -2.12. The van der Waals surface area contributed by atoms with Crippen LogP contribution in [0.1, 0.15) is 50.8 Å². The maximum atomic E-state index is 5.87. The number of hydrogen-bond donors (Lipinski definition) is 1. The third-order valence-corrected chi connectivity index (χ3v) is 4.38. The molecule has 0 bridgehead atoms. The molecule has 0 aliphatic rings. The van der Waals surface area contributed by atoms with E-state index >= 15 is 0 Å². The first-order valence-corrected chi connectivity index (χ1v) is 9.71. The van der Waals surface area contributed by atoms with Crippen LogP contribution in [-0.4, -0.2) is 24.4 Å². The van der Waals surface area contributed by atoms with E-state index in [-0.39, 0.29) is 0 Å². The first-order chi connectivity index (χ1) is 12.2. The number of benzene rings is 1. The van der Waals surface area contributed by atoms with Crippen LogP contribution in [0, 0.1) is 6.92 Å². The van der Waals surface area contributed by atoms with Gasteiger partial charge in [0.1, 0.15) is 0 Å². The SMILES string of the molecule is CCCCCCOc1ccc(/C=N/Nc2nc(C)cs2)cc1OCC. The van der Waals surface area contributed by atoms with Crippen LogP contribution in [0.25, 0.3) is 0 Å². The van der Waals surface area contributed by atoms with Gasteiger partial charge in [0.05, 0.1) is 25.1 Å². The van der Waals surface area contributed by atoms with Gasteiger partial charge in [0.15, 0.2) is 11.5 Å². The van der Waals surface area contributed by atoms with E-state index in [0.29, 0.717) is 6.61 Å². The second kappa shape index (κ2) is 10.7. The largest absolute Gasteiger partial charge is 0.490 e. The summed E-state index contributed by atoms with van der Waals surface area (Å²) in [5.74, 6) is 1.55. The minimum Gasteiger partial charge on any atom is -0.490 e. The molecule has 1 N–H and O–H groups in total. The smallest absolute Gasteiger partial charge is 0.203 e. The van der Waals surface area contributed by atoms with Crippen molar-refractivity contribution in [1.82, 2.24) is 4.98 Å². The fourth-order valence-corrected chi connectivity index (χ4v) is 2.91. The monoisotopic (exact) mass is 361 g/mol. The summed E-state index contributed by atoms with van der Waals surface area (Å²) in [7, 11) is 0. The normalized spacial score (nSPS) is 11.0. The molecule has 0 aliphatic heterocycles. The van der Waals surface area contributed by atoms with Crippen molar-refractivity contribution >= 4 is 22.7 Å². The van der Waals surface area contributed by atoms with Crippen molar-refractivity contribution in [2.75, 3.05) is 18.6 Å². The summed E-state index contributed by atoms with van der Waals surface area (Å²) in [5.41, 5.74) is 4.87. The Morgan fingerprint density at radius 2 is 2.04 bits per heavy atom. The molecule has 0 unspecified atom stereocenters. The van der Waals surface area contributed by atoms with E-state index in [1.54, 1.807) is 6.21 Å². The van der Waals surface area contributed by atoms with Gasteiger partial charge in [0.25, 0.3) is 0 Å². The van der Waals surface area contributed by atoms with Crippen LogP contribution in [0.2, 0.25) is 0 Å². The van der Waals surface area contributed by atoms with Crippen molar-refractivity contribution in [3.63, 3.8) is 0 Å². The molecule has 1 heterocycles. The van der Waals surface area contributed by atoms with Gasteiger partial charge in [-0.05, 0) is 44.0 Å². The molecule has 25 heavy (non-hydrogen) atoms. The zero-order chi connectivity index (χ0) is 17.9. The van der Waals surface area contributed by atoms with Crippen LogP contribution >= 0.6 is 11.3 Å². The first kappa shape index (κ1) is 19.2. The van der Waals surface area contributed by atoms with Crippen LogP contribution in [0.5, 0.6) is 11.5 Å². The van der Waals surface area contributed by atoms with E-state index in [4.69, 9.17) is 9.47 Å². The van der Waals surface area contributed by atoms with Crippen molar-refractivity contribution < 1.29 is 9.47 Å². The second-order valence-corrected chi connectivity index (χ2v) is 6.57. The lowest BCUT2D eigenvalue weighted by atomic mass is 10.2. The zero-order valence-corrected chi connectivity index (χ0v) is 16.1. The molecule has 0 spiro atoms. The van der Waals surface area contributed by atoms with Crippen LogP contribution < -0.4 is 14.9 Å². The Kier molecular flexibility index (Phi) is 8.25. The van der Waals surface area contributed by atoms with Gasteiger partial charge in [-0.1, -0.05) is 26.2 Å². The number of thiazole rings is 1. The fourth-order valence-electron chi connectivity index (χ4n) is 2.27. The minimum atomic E-state index is 0.601. The molecule has 0 saturated carbocycles. The number of rotatable bonds is 11. The van der Waals surface area contributed by atoms with Crippen molar-refractivity contribution in [3.05, 3.63) is 34.8 Å². The van der Waals surface area contributed by atoms with Crippen LogP contribution in [0.4, 0.5) is 5.13 Å². The highest BCUT2D eigenvalue weighted by atomic mass is 32.1. The number of ether oxygens (including phenoxy) is 2. The second-order valence-electron chi connectivity index (χ2n) is 5.71. The van der Waals surface area contributed by atoms with Gasteiger partial charge in [-0.3, -0.25) is 5.43 Å². The summed E-state index contributed by atoms with van der Waals surface area (Å²) in [5, 5.41) is 7.00. The number of hydrazone groups is 1. The quantitative estimate of drug-likeness (QED) is 0.337. The van der Waals surface area contributed by atoms with Crippen LogP contribution in [-0.2, 0) is 0 Å². The standard InChI is InChI=1S/C19H27N3O2S/c1-4-6-7-8-11-24-17-10-9-16(12-18(17)23-5-2)13-20-22-19-21-15(3)14-25-19/h9-10,12-14H,4-8,11H2,1-3H3,(H,21,22)/b20-13+. The average Bonchev–Trinajstić information content (AvgIpc) is 3.02. The Morgan fingerprint density at radius 1 is 1.16 bits per heavy atom. The van der Waals surface area contributed by atoms with Crippen molar-refractivity contribution in [2.24, 2.45) is 5.10 Å². The maximum absolute atomic E-state index is 5.87. The fraction of sp³-hybridized carbons (Fsp3) is 0.474. The van der Waals surface area contributed by atoms with Crippen molar-refractivity contribution in [2.45, 2.75) is 46.5 Å². The molecule has 5 nitrogen and oxygen atoms in total. The van der Waals surface area contributed by atoms with Crippen LogP contribution in [0.3, 0.4) is 0 Å². The summed E-state index contributed by atoms with van der Waals surface area (Å²) in [4.78, 5) is 4.31. The molecule has 0 aliphatic carbocycles. The highest BCUT2D eigenvalue weighted by Crippen LogP contribution is 2.28. The molecule has 136 valence electrons. The number of anilines is 1. The third-order valence-electron chi connectivity index (χ3n) is 3.52. The number of aryl methyl sites for hydroxylation is 1. The van der Waals surface area contributed by atoms with E-state index < -0.39 is 0 Å². The molecule has 0 saturated heterocycles. The minimum absolute atomic E-state index is 0.601. The van der Waals surface area contributed by atoms with Gasteiger partial charge in [-0.25, -0.2) is 4.98 Å². The highest BCUT2D eigenvalue weighted by molar-refractivity contribution is 7.13. The van der Waals surface area contributed by atoms with E-state index in [1.165, 1.54) is 30.6 Å². The Balaban J connectivity index is 1.94. The molecular formula is C19H27N3O2S. The van der Waals surface area contributed by atoms with Gasteiger partial charge in [-0.15, -0.1) is 11.3 Å². The van der Waals surface area contributed by atoms with Gasteiger partial charge in [0.2, 0.25) is 5.13 Å². The maximum Gasteiger partial charge on any atom is 0.203 e. The number of hydrogen-bond acceptors (Lipinski definition) is 6. The van der Waals surface area contributed by atoms with Gasteiger partial charge in [-0.2, -0.15) is 5.10 Å². The van der Waals surface area contributed by atoms with E-state index in [2.05, 4.69) is 22.4 Å². The van der Waals surface area contributed by atoms with E-state index in [9.17, 15) is 0 Å². The molecule has 1 aromatic carbocycles. The Labute approximate surface area is 154 Å². The predicted octanol–water partition coefficient (Wildman–Crippen LogP) is 5.26. The van der Waals surface area contributed by atoms with Crippen molar-refractivity contribution in [1.29, 1.82) is 0 Å². The van der Waals surface area contributed by atoms with E-state index in [0.717, 1.165) is 40.9 Å². The number of unbranched alkanes of at least 4 members (excludes halogenated alkanes) is 3. The van der Waals surface area contributed by atoms with Gasteiger partial charge < -0.3 is 9.47 Å². The Bertz CT molecular complexity index is 670. The molecule has 6 heteroatoms. The zero-order valence-electron chi connectivity index (χ0n) is 15.2. The Morgan fingerprint density at radius 3 is 2.76 bits per heavy atom. The van der Waals surface area contributed by atoms with Gasteiger partial charge >= 0.3 is 0 Å². The first-order valence-electron chi connectivity index (χ1n) is 8.83. The molecule has 1 aromatic heterocycles. The molecule has 0 atom stereocenters. The Hall–Kier alpha value is -2.08. The third kappa shape index (κ3) is 6.74. The summed E-state index contributed by atoms with van der Waals surface area (Å²) in [6.07, 6.45) is 6.51. The lowest BCUT2D eigenvalue weighted by Crippen LogP contribution is -2.02. The highest BCUT2D eigenvalue weighted by Gasteiger charge is 2.06. The topological polar surface area (TPSA) is 55.7 Å². The number of aromatic nitrogens is 1. The predicted molar refractivity (Wildman–Crippen MR) is 105 cm³/mol. The van der Waals surface area contributed by atoms with E-state index in [1.807, 2.05) is 37.4 Å². The number of nitrogens with zero attached hydrogens (tertiary/aromatic N) is 2. The van der Waals surface area contributed by atoms with Gasteiger partial charge in [0, 0.05) is 5.38 Å². The molecule has 2 rings (SSSR count). The lowest BCUT2D eigenvalue weighted by molar-refractivity contribution is 0.270. The summed E-state index contributed by atoms with van der Waals surface area (Å²) in [6, 6.07) is 5.87. The molecule has 2 aromatic rings. The molecular weight excluding hydrogens is 334 g/mol. The molecule has 0 fully saturated rings. The summed E-state index contributed by atoms with van der Waals surface area (Å²) < 4.78 is 11.6.